The van der Waals surface area contributed by atoms with Gasteiger partial charge in [-0.05, 0) is 57.6 Å². The Hall–Kier alpha value is -2.75. The number of thiophene rings is 1. The molecule has 3 aromatic rings. The van der Waals surface area contributed by atoms with Crippen molar-refractivity contribution in [2.45, 2.75) is 26.8 Å². The quantitative estimate of drug-likeness (QED) is 0.594. The second-order valence-corrected chi connectivity index (χ2v) is 9.40. The summed E-state index contributed by atoms with van der Waals surface area (Å²) >= 11 is 1.52. The van der Waals surface area contributed by atoms with Crippen LogP contribution in [0.4, 0.5) is 11.4 Å². The molecule has 1 atom stereocenters. The standard InChI is InChI=1S/C23H29N5O3S/c1-14-16(3)32-23-20(14)22(30)25-21(26-23)15(2)27(4)13-19(29)24-17-5-7-18(8-6-17)28-9-11-31-12-10-28/h5-8,15H,9-13H2,1-4H3,(H,24,29)(H,25,26,30). The van der Waals surface area contributed by atoms with Crippen molar-refractivity contribution in [1.29, 1.82) is 0 Å². The van der Waals surface area contributed by atoms with E-state index in [4.69, 9.17) is 4.74 Å². The molecule has 1 unspecified atom stereocenters. The summed E-state index contributed by atoms with van der Waals surface area (Å²) < 4.78 is 5.39. The number of carbonyl (C=O) groups excluding carboxylic acids is 1. The number of aromatic nitrogens is 2. The molecule has 2 N–H and O–H groups in total. The van der Waals surface area contributed by atoms with Crippen molar-refractivity contribution >= 4 is 38.8 Å². The molecule has 32 heavy (non-hydrogen) atoms. The molecule has 4 rings (SSSR count). The Kier molecular flexibility index (Phi) is 6.59. The van der Waals surface area contributed by atoms with E-state index in [1.54, 1.807) is 0 Å². The van der Waals surface area contributed by atoms with Gasteiger partial charge in [0.2, 0.25) is 5.91 Å². The SMILES string of the molecule is Cc1sc2nc(C(C)N(C)CC(=O)Nc3ccc(N4CCOCC4)cc3)[nH]c(=O)c2c1C. The number of rotatable bonds is 6. The van der Waals surface area contributed by atoms with Crippen LogP contribution in [0.25, 0.3) is 10.2 Å². The third-order valence-electron chi connectivity index (χ3n) is 6.03. The topological polar surface area (TPSA) is 90.6 Å². The smallest absolute Gasteiger partial charge is 0.259 e. The summed E-state index contributed by atoms with van der Waals surface area (Å²) in [5.74, 6) is 0.443. The molecule has 1 aliphatic rings. The van der Waals surface area contributed by atoms with Gasteiger partial charge in [-0.15, -0.1) is 11.3 Å². The summed E-state index contributed by atoms with van der Waals surface area (Å²) in [6.45, 7) is 9.27. The lowest BCUT2D eigenvalue weighted by molar-refractivity contribution is -0.117. The Labute approximate surface area is 191 Å². The van der Waals surface area contributed by atoms with E-state index in [0.29, 0.717) is 11.2 Å². The molecule has 1 aromatic carbocycles. The van der Waals surface area contributed by atoms with Crippen LogP contribution in [0.3, 0.4) is 0 Å². The summed E-state index contributed by atoms with van der Waals surface area (Å²) in [5, 5.41) is 3.60. The van der Waals surface area contributed by atoms with Crippen LogP contribution in [-0.4, -0.2) is 60.7 Å². The number of hydrogen-bond acceptors (Lipinski definition) is 7. The molecule has 1 fully saturated rings. The average Bonchev–Trinajstić information content (AvgIpc) is 3.08. The summed E-state index contributed by atoms with van der Waals surface area (Å²) in [7, 11) is 1.85. The molecule has 9 heteroatoms. The molecule has 8 nitrogen and oxygen atoms in total. The third-order valence-corrected chi connectivity index (χ3v) is 7.14. The van der Waals surface area contributed by atoms with E-state index in [2.05, 4.69) is 20.2 Å². The second-order valence-electron chi connectivity index (χ2n) is 8.20. The maximum Gasteiger partial charge on any atom is 0.259 e. The van der Waals surface area contributed by atoms with Crippen molar-refractivity contribution in [3.8, 4) is 0 Å². The summed E-state index contributed by atoms with van der Waals surface area (Å²) in [6, 6.07) is 7.65. The maximum absolute atomic E-state index is 12.6. The van der Waals surface area contributed by atoms with Crippen molar-refractivity contribution in [2.24, 2.45) is 0 Å². The first-order valence-corrected chi connectivity index (χ1v) is 11.6. The summed E-state index contributed by atoms with van der Waals surface area (Å²) in [4.78, 5) is 38.7. The van der Waals surface area contributed by atoms with Crippen LogP contribution >= 0.6 is 11.3 Å². The van der Waals surface area contributed by atoms with E-state index >= 15 is 0 Å². The Morgan fingerprint density at radius 2 is 1.97 bits per heavy atom. The van der Waals surface area contributed by atoms with E-state index < -0.39 is 0 Å². The first kappa shape index (κ1) is 22.4. The molecule has 0 radical (unpaired) electrons. The van der Waals surface area contributed by atoms with Gasteiger partial charge >= 0.3 is 0 Å². The highest BCUT2D eigenvalue weighted by Gasteiger charge is 2.20. The number of aryl methyl sites for hydroxylation is 2. The lowest BCUT2D eigenvalue weighted by Gasteiger charge is -2.29. The van der Waals surface area contributed by atoms with Gasteiger partial charge in [0, 0.05) is 29.3 Å². The molecule has 1 amide bonds. The van der Waals surface area contributed by atoms with Gasteiger partial charge in [0.1, 0.15) is 10.7 Å². The van der Waals surface area contributed by atoms with Crippen molar-refractivity contribution in [3.63, 3.8) is 0 Å². The molecular formula is C23H29N5O3S. The zero-order valence-electron chi connectivity index (χ0n) is 18.9. The normalized spacial score (nSPS) is 15.3. The Balaban J connectivity index is 1.39. The molecule has 1 saturated heterocycles. The zero-order chi connectivity index (χ0) is 22.8. The number of anilines is 2. The largest absolute Gasteiger partial charge is 0.378 e. The van der Waals surface area contributed by atoms with Gasteiger partial charge < -0.3 is 19.9 Å². The molecule has 0 saturated carbocycles. The lowest BCUT2D eigenvalue weighted by Crippen LogP contribution is -2.36. The molecule has 1 aliphatic heterocycles. The number of fused-ring (bicyclic) bond motifs is 1. The van der Waals surface area contributed by atoms with Gasteiger partial charge in [0.25, 0.3) is 5.56 Å². The van der Waals surface area contributed by atoms with Crippen LogP contribution in [0.15, 0.2) is 29.1 Å². The summed E-state index contributed by atoms with van der Waals surface area (Å²) in [5.41, 5.74) is 2.73. The molecule has 0 spiro atoms. The van der Waals surface area contributed by atoms with E-state index in [1.807, 2.05) is 57.0 Å². The molecule has 0 aliphatic carbocycles. The van der Waals surface area contributed by atoms with Crippen molar-refractivity contribution in [2.75, 3.05) is 50.1 Å². The van der Waals surface area contributed by atoms with Gasteiger partial charge in [0.05, 0.1) is 31.2 Å². The van der Waals surface area contributed by atoms with Gasteiger partial charge in [-0.25, -0.2) is 4.98 Å². The van der Waals surface area contributed by atoms with E-state index in [1.165, 1.54) is 11.3 Å². The van der Waals surface area contributed by atoms with E-state index in [-0.39, 0.29) is 24.1 Å². The fraction of sp³-hybridized carbons (Fsp3) is 0.435. The van der Waals surface area contributed by atoms with Gasteiger partial charge in [-0.3, -0.25) is 14.5 Å². The predicted molar refractivity (Wildman–Crippen MR) is 129 cm³/mol. The van der Waals surface area contributed by atoms with Crippen molar-refractivity contribution in [1.82, 2.24) is 14.9 Å². The fourth-order valence-electron chi connectivity index (χ4n) is 3.82. The van der Waals surface area contributed by atoms with Crippen LogP contribution in [0.5, 0.6) is 0 Å². The van der Waals surface area contributed by atoms with Crippen LogP contribution < -0.4 is 15.8 Å². The number of nitrogens with zero attached hydrogens (tertiary/aromatic N) is 3. The van der Waals surface area contributed by atoms with Crippen LogP contribution in [0.2, 0.25) is 0 Å². The number of amides is 1. The number of benzene rings is 1. The first-order valence-electron chi connectivity index (χ1n) is 10.8. The predicted octanol–water partition coefficient (Wildman–Crippen LogP) is 3.07. The minimum Gasteiger partial charge on any atom is -0.378 e. The highest BCUT2D eigenvalue weighted by Crippen LogP contribution is 2.27. The zero-order valence-corrected chi connectivity index (χ0v) is 19.7. The number of hydrogen-bond donors (Lipinski definition) is 2. The van der Waals surface area contributed by atoms with Gasteiger partial charge in [-0.1, -0.05) is 0 Å². The van der Waals surface area contributed by atoms with Crippen LogP contribution in [0, 0.1) is 13.8 Å². The minimum atomic E-state index is -0.218. The van der Waals surface area contributed by atoms with Crippen molar-refractivity contribution < 1.29 is 9.53 Å². The summed E-state index contributed by atoms with van der Waals surface area (Å²) in [6.07, 6.45) is 0. The number of carbonyl (C=O) groups is 1. The second kappa shape index (κ2) is 9.40. The number of likely N-dealkylation sites (N-methyl/N-ethyl adjacent to an activating group) is 1. The Morgan fingerprint density at radius 1 is 1.28 bits per heavy atom. The molecule has 3 heterocycles. The number of aromatic amines is 1. The monoisotopic (exact) mass is 455 g/mol. The van der Waals surface area contributed by atoms with E-state index in [0.717, 1.165) is 52.9 Å². The van der Waals surface area contributed by atoms with Crippen molar-refractivity contribution in [3.05, 3.63) is 50.9 Å². The highest BCUT2D eigenvalue weighted by atomic mass is 32.1. The minimum absolute atomic E-state index is 0.121. The first-order chi connectivity index (χ1) is 15.3. The van der Waals surface area contributed by atoms with Crippen LogP contribution in [-0.2, 0) is 9.53 Å². The number of nitrogens with one attached hydrogen (secondary N) is 2. The molecule has 0 bridgehead atoms. The highest BCUT2D eigenvalue weighted by molar-refractivity contribution is 7.18. The Bertz CT molecular complexity index is 1160. The molecular weight excluding hydrogens is 426 g/mol. The fourth-order valence-corrected chi connectivity index (χ4v) is 4.86. The third kappa shape index (κ3) is 4.69. The van der Waals surface area contributed by atoms with E-state index in [9.17, 15) is 9.59 Å². The molecule has 2 aromatic heterocycles. The number of H-pyrrole nitrogens is 1. The average molecular weight is 456 g/mol. The maximum atomic E-state index is 12.6. The number of ether oxygens (including phenoxy) is 1. The Morgan fingerprint density at radius 3 is 2.66 bits per heavy atom. The molecule has 170 valence electrons. The van der Waals surface area contributed by atoms with Gasteiger partial charge in [-0.2, -0.15) is 0 Å². The number of morpholine rings is 1. The van der Waals surface area contributed by atoms with Gasteiger partial charge in [0.15, 0.2) is 0 Å². The lowest BCUT2D eigenvalue weighted by atomic mass is 10.2. The van der Waals surface area contributed by atoms with Crippen LogP contribution in [0.1, 0.15) is 29.2 Å².